The molecule has 1 aromatic carbocycles. The Bertz CT molecular complexity index is 1250. The molecule has 0 spiro atoms. The maximum absolute atomic E-state index is 12.5. The summed E-state index contributed by atoms with van der Waals surface area (Å²) in [5.74, 6) is 5.07. The average molecular weight is 461 g/mol. The van der Waals surface area contributed by atoms with Gasteiger partial charge >= 0.3 is 0 Å². The third-order valence-corrected chi connectivity index (χ3v) is 7.12. The smallest absolute Gasteiger partial charge is 0.269 e. The second kappa shape index (κ2) is 8.41. The van der Waals surface area contributed by atoms with E-state index >= 15 is 0 Å². The van der Waals surface area contributed by atoms with Crippen LogP contribution in [0.1, 0.15) is 71.8 Å². The second-order valence-electron chi connectivity index (χ2n) is 9.66. The van der Waals surface area contributed by atoms with Gasteiger partial charge in [-0.15, -0.1) is 0 Å². The largest absolute Gasteiger partial charge is 0.369 e. The normalized spacial score (nSPS) is 23.9. The van der Waals surface area contributed by atoms with Gasteiger partial charge in [-0.1, -0.05) is 17.9 Å². The van der Waals surface area contributed by atoms with Crippen LogP contribution in [0.25, 0.3) is 5.69 Å². The molecule has 2 heterocycles. The zero-order valence-corrected chi connectivity index (χ0v) is 19.2. The highest BCUT2D eigenvalue weighted by atomic mass is 16.3. The number of nitrogens with two attached hydrogens (primary N) is 1. The minimum atomic E-state index is -1.67. The molecule has 176 valence electrons. The molecule has 1 saturated heterocycles. The monoisotopic (exact) mass is 460 g/mol. The summed E-state index contributed by atoms with van der Waals surface area (Å²) in [7, 11) is 1.64. The van der Waals surface area contributed by atoms with Crippen molar-refractivity contribution in [2.24, 2.45) is 11.7 Å². The van der Waals surface area contributed by atoms with Crippen LogP contribution in [0.3, 0.4) is 0 Å². The Morgan fingerprint density at radius 3 is 2.76 bits per heavy atom. The fourth-order valence-electron chi connectivity index (χ4n) is 5.07. The molecule has 0 bridgehead atoms. The van der Waals surface area contributed by atoms with Crippen molar-refractivity contribution >= 4 is 17.6 Å². The number of aromatic nitrogens is 2. The third kappa shape index (κ3) is 4.01. The zero-order chi connectivity index (χ0) is 24.0. The second-order valence-corrected chi connectivity index (χ2v) is 9.66. The molecule has 1 aliphatic heterocycles. The van der Waals surface area contributed by atoms with Gasteiger partial charge in [0.1, 0.15) is 5.78 Å². The molecule has 3 N–H and O–H groups in total. The number of hydrogen-bond acceptors (Lipinski definition) is 5. The Hall–Kier alpha value is -3.44. The van der Waals surface area contributed by atoms with Gasteiger partial charge in [-0.05, 0) is 56.2 Å². The highest BCUT2D eigenvalue weighted by Gasteiger charge is 2.42. The van der Waals surface area contributed by atoms with E-state index in [1.54, 1.807) is 17.8 Å². The standard InChI is InChI=1S/C26H28N4O4/c1-29-13-12-26(34,25(29)33)11-10-16-4-2-6-19(14-16)30-20-7-3-5-18(15-21(31)17-8-9-17)22(20)23(28-30)24(27)32/h2,4,6,14,17-18,34H,3,5,7-9,12-13,15H2,1H3,(H2,27,32)/t18-,26-/m0/s1. The van der Waals surface area contributed by atoms with Gasteiger partial charge in [0.05, 0.1) is 5.69 Å². The van der Waals surface area contributed by atoms with Crippen LogP contribution in [0.15, 0.2) is 24.3 Å². The van der Waals surface area contributed by atoms with Crippen LogP contribution >= 0.6 is 0 Å². The van der Waals surface area contributed by atoms with E-state index in [0.29, 0.717) is 24.2 Å². The van der Waals surface area contributed by atoms with Crippen LogP contribution in [-0.2, 0) is 16.0 Å². The number of hydrogen-bond donors (Lipinski definition) is 2. The Morgan fingerprint density at radius 1 is 1.29 bits per heavy atom. The van der Waals surface area contributed by atoms with E-state index < -0.39 is 17.4 Å². The fourth-order valence-corrected chi connectivity index (χ4v) is 5.07. The summed E-state index contributed by atoms with van der Waals surface area (Å²) in [5, 5.41) is 15.1. The highest BCUT2D eigenvalue weighted by molar-refractivity contribution is 5.93. The Labute approximate surface area is 198 Å². The molecular weight excluding hydrogens is 432 g/mol. The molecule has 2 amide bonds. The number of likely N-dealkylation sites (N-methyl/N-ethyl adjacent to an activating group) is 1. The van der Waals surface area contributed by atoms with Crippen LogP contribution in [0, 0.1) is 17.8 Å². The molecule has 1 saturated carbocycles. The summed E-state index contributed by atoms with van der Waals surface area (Å²) in [5.41, 5.74) is 7.30. The number of fused-ring (bicyclic) bond motifs is 1. The van der Waals surface area contributed by atoms with Crippen molar-refractivity contribution in [2.75, 3.05) is 13.6 Å². The maximum Gasteiger partial charge on any atom is 0.269 e. The molecule has 8 heteroatoms. The van der Waals surface area contributed by atoms with Crippen LogP contribution in [0.4, 0.5) is 0 Å². The number of Topliss-reactive ketones (excluding diaryl/α,β-unsaturated/α-hetero) is 1. The predicted molar refractivity (Wildman–Crippen MR) is 124 cm³/mol. The molecule has 3 aliphatic rings. The van der Waals surface area contributed by atoms with E-state index in [9.17, 15) is 19.5 Å². The molecule has 34 heavy (non-hydrogen) atoms. The molecule has 1 aromatic heterocycles. The maximum atomic E-state index is 12.5. The van der Waals surface area contributed by atoms with Crippen molar-refractivity contribution in [3.63, 3.8) is 0 Å². The molecule has 0 unspecified atom stereocenters. The summed E-state index contributed by atoms with van der Waals surface area (Å²) < 4.78 is 1.73. The number of primary amides is 1. The van der Waals surface area contributed by atoms with E-state index in [2.05, 4.69) is 16.9 Å². The van der Waals surface area contributed by atoms with Crippen LogP contribution in [-0.4, -0.2) is 56.6 Å². The van der Waals surface area contributed by atoms with Crippen molar-refractivity contribution in [3.8, 4) is 17.5 Å². The van der Waals surface area contributed by atoms with Crippen molar-refractivity contribution in [3.05, 3.63) is 46.8 Å². The van der Waals surface area contributed by atoms with Crippen LogP contribution < -0.4 is 5.73 Å². The van der Waals surface area contributed by atoms with Gasteiger partial charge < -0.3 is 15.7 Å². The lowest BCUT2D eigenvalue weighted by Crippen LogP contribution is -2.37. The topological polar surface area (TPSA) is 119 Å². The number of aliphatic hydroxyl groups is 1. The van der Waals surface area contributed by atoms with Crippen molar-refractivity contribution in [1.29, 1.82) is 0 Å². The van der Waals surface area contributed by atoms with Gasteiger partial charge in [0.2, 0.25) is 5.60 Å². The van der Waals surface area contributed by atoms with E-state index in [1.807, 2.05) is 18.2 Å². The Kier molecular flexibility index (Phi) is 5.53. The van der Waals surface area contributed by atoms with Gasteiger partial charge in [-0.3, -0.25) is 14.4 Å². The van der Waals surface area contributed by atoms with Crippen molar-refractivity contribution in [1.82, 2.24) is 14.7 Å². The number of carbonyl (C=O) groups is 3. The molecule has 2 atom stereocenters. The number of rotatable bonds is 5. The van der Waals surface area contributed by atoms with Gasteiger partial charge in [-0.2, -0.15) is 5.10 Å². The predicted octanol–water partition coefficient (Wildman–Crippen LogP) is 1.70. The SMILES string of the molecule is CN1CC[C@@](O)(C#Cc2cccc(-n3nc(C(N)=O)c4c3CCC[C@H]4CC(=O)C3CC3)c2)C1=O. The molecule has 2 aromatic rings. The Morgan fingerprint density at radius 2 is 2.09 bits per heavy atom. The minimum absolute atomic E-state index is 0.0457. The minimum Gasteiger partial charge on any atom is -0.369 e. The Balaban J connectivity index is 1.49. The quantitative estimate of drug-likeness (QED) is 0.659. The lowest BCUT2D eigenvalue weighted by molar-refractivity contribution is -0.137. The van der Waals surface area contributed by atoms with Gasteiger partial charge in [0.15, 0.2) is 5.69 Å². The van der Waals surface area contributed by atoms with Gasteiger partial charge in [0, 0.05) is 49.2 Å². The zero-order valence-electron chi connectivity index (χ0n) is 19.2. The van der Waals surface area contributed by atoms with Crippen molar-refractivity contribution in [2.45, 2.75) is 56.5 Å². The molecule has 5 rings (SSSR count). The first-order valence-corrected chi connectivity index (χ1v) is 11.8. The number of benzene rings is 1. The molecular formula is C26H28N4O4. The van der Waals surface area contributed by atoms with E-state index in [0.717, 1.165) is 43.4 Å². The summed E-state index contributed by atoms with van der Waals surface area (Å²) >= 11 is 0. The summed E-state index contributed by atoms with van der Waals surface area (Å²) in [6.45, 7) is 0.462. The average Bonchev–Trinajstić information content (AvgIpc) is 3.56. The molecule has 0 radical (unpaired) electrons. The summed E-state index contributed by atoms with van der Waals surface area (Å²) in [4.78, 5) is 38.5. The summed E-state index contributed by atoms with van der Waals surface area (Å²) in [6, 6.07) is 7.30. The number of amides is 2. The van der Waals surface area contributed by atoms with Crippen molar-refractivity contribution < 1.29 is 19.5 Å². The van der Waals surface area contributed by atoms with E-state index in [4.69, 9.17) is 5.73 Å². The number of nitrogens with zero attached hydrogens (tertiary/aromatic N) is 3. The molecule has 8 nitrogen and oxygen atoms in total. The number of likely N-dealkylation sites (tertiary alicyclic amines) is 1. The highest BCUT2D eigenvalue weighted by Crippen LogP contribution is 2.40. The van der Waals surface area contributed by atoms with E-state index in [-0.39, 0.29) is 29.7 Å². The first-order valence-electron chi connectivity index (χ1n) is 11.8. The lowest BCUT2D eigenvalue weighted by Gasteiger charge is -2.23. The van der Waals surface area contributed by atoms with Crippen LogP contribution in [0.5, 0.6) is 0 Å². The lowest BCUT2D eigenvalue weighted by atomic mass is 9.81. The fraction of sp³-hybridized carbons (Fsp3) is 0.462. The number of ketones is 1. The first kappa shape index (κ1) is 22.4. The van der Waals surface area contributed by atoms with Crippen LogP contribution in [0.2, 0.25) is 0 Å². The summed E-state index contributed by atoms with van der Waals surface area (Å²) in [6.07, 6.45) is 5.10. The molecule has 2 fully saturated rings. The van der Waals surface area contributed by atoms with Gasteiger partial charge in [-0.25, -0.2) is 4.68 Å². The molecule has 2 aliphatic carbocycles. The first-order chi connectivity index (χ1) is 16.3. The third-order valence-electron chi connectivity index (χ3n) is 7.12. The van der Waals surface area contributed by atoms with E-state index in [1.165, 1.54) is 4.90 Å². The van der Waals surface area contributed by atoms with Gasteiger partial charge in [0.25, 0.3) is 11.8 Å². The number of carbonyl (C=O) groups excluding carboxylic acids is 3.